The fourth-order valence-corrected chi connectivity index (χ4v) is 4.90. The Labute approximate surface area is 208 Å². The Morgan fingerprint density at radius 1 is 1.00 bits per heavy atom. The van der Waals surface area contributed by atoms with Gasteiger partial charge >= 0.3 is 0 Å². The van der Waals surface area contributed by atoms with E-state index in [4.69, 9.17) is 23.2 Å². The quantitative estimate of drug-likeness (QED) is 0.266. The number of thioether (sulfide) groups is 1. The lowest BCUT2D eigenvalue weighted by Gasteiger charge is -2.36. The largest absolute Gasteiger partial charge is 0.367 e. The Balaban J connectivity index is 1.33. The minimum absolute atomic E-state index is 0.0572. The van der Waals surface area contributed by atoms with Gasteiger partial charge in [-0.15, -0.1) is 0 Å². The molecule has 3 aromatic rings. The molecular formula is C24H25Cl2N5OS. The van der Waals surface area contributed by atoms with Gasteiger partial charge in [-0.2, -0.15) is 0 Å². The van der Waals surface area contributed by atoms with Crippen molar-refractivity contribution in [2.45, 2.75) is 10.9 Å². The predicted molar refractivity (Wildman–Crippen MR) is 137 cm³/mol. The molecule has 2 aromatic carbocycles. The van der Waals surface area contributed by atoms with E-state index >= 15 is 0 Å². The zero-order valence-corrected chi connectivity index (χ0v) is 20.9. The number of nitrogens with zero attached hydrogens (tertiary/aromatic N) is 5. The Bertz CT molecular complexity index is 1120. The maximum absolute atomic E-state index is 13.0. The van der Waals surface area contributed by atoms with Crippen LogP contribution >= 0.6 is 35.0 Å². The summed E-state index contributed by atoms with van der Waals surface area (Å²) in [5, 5.41) is 1.79. The Morgan fingerprint density at radius 2 is 1.70 bits per heavy atom. The molecule has 1 fully saturated rings. The van der Waals surface area contributed by atoms with Crippen LogP contribution in [0.2, 0.25) is 10.2 Å². The van der Waals surface area contributed by atoms with Crippen LogP contribution in [0, 0.1) is 0 Å². The number of halogens is 2. The van der Waals surface area contributed by atoms with Crippen LogP contribution in [0.15, 0.2) is 59.8 Å². The number of rotatable bonds is 6. The molecule has 6 nitrogen and oxygen atoms in total. The predicted octanol–water partition coefficient (Wildman–Crippen LogP) is 5.10. The first-order valence-corrected chi connectivity index (χ1v) is 12.4. The summed E-state index contributed by atoms with van der Waals surface area (Å²) in [6, 6.07) is 17.3. The van der Waals surface area contributed by atoms with E-state index in [1.165, 1.54) is 11.8 Å². The molecule has 1 amide bonds. The highest BCUT2D eigenvalue weighted by Gasteiger charge is 2.23. The Kier molecular flexibility index (Phi) is 7.63. The first-order chi connectivity index (χ1) is 15.9. The number of benzene rings is 2. The fourth-order valence-electron chi connectivity index (χ4n) is 3.61. The minimum atomic E-state index is 0.0572. The molecule has 0 spiro atoms. The molecule has 0 saturated carbocycles. The molecule has 33 heavy (non-hydrogen) atoms. The molecule has 0 N–H and O–H groups in total. The van der Waals surface area contributed by atoms with E-state index < -0.39 is 0 Å². The summed E-state index contributed by atoms with van der Waals surface area (Å²) in [6.45, 7) is 2.86. The summed E-state index contributed by atoms with van der Waals surface area (Å²) in [5.74, 6) is 1.52. The smallest absolute Gasteiger partial charge is 0.253 e. The first-order valence-electron chi connectivity index (χ1n) is 10.6. The van der Waals surface area contributed by atoms with Crippen molar-refractivity contribution in [1.29, 1.82) is 0 Å². The van der Waals surface area contributed by atoms with Crippen LogP contribution in [0.3, 0.4) is 0 Å². The summed E-state index contributed by atoms with van der Waals surface area (Å²) in [7, 11) is 3.83. The molecule has 0 aliphatic carbocycles. The number of para-hydroxylation sites is 1. The fraction of sp³-hybridized carbons (Fsp3) is 0.292. The zero-order chi connectivity index (χ0) is 23.4. The topological polar surface area (TPSA) is 52.6 Å². The third-order valence-electron chi connectivity index (χ3n) is 5.45. The van der Waals surface area contributed by atoms with E-state index in [9.17, 15) is 4.79 Å². The van der Waals surface area contributed by atoms with Crippen molar-refractivity contribution in [2.24, 2.45) is 0 Å². The van der Waals surface area contributed by atoms with Gasteiger partial charge in [-0.05, 0) is 29.8 Å². The molecule has 0 bridgehead atoms. The maximum atomic E-state index is 13.0. The van der Waals surface area contributed by atoms with Gasteiger partial charge in [-0.3, -0.25) is 4.79 Å². The SMILES string of the molecule is CN(C)c1cc(Cl)nc(SCc2ccc(C(=O)N3CCN(c4ccccc4Cl)CC3)cc2)n1. The van der Waals surface area contributed by atoms with E-state index in [-0.39, 0.29) is 5.91 Å². The second kappa shape index (κ2) is 10.6. The number of hydrogen-bond donors (Lipinski definition) is 0. The molecule has 0 radical (unpaired) electrons. The summed E-state index contributed by atoms with van der Waals surface area (Å²) >= 11 is 14.0. The number of hydrogen-bond acceptors (Lipinski definition) is 6. The van der Waals surface area contributed by atoms with Gasteiger partial charge in [0, 0.05) is 57.7 Å². The third kappa shape index (κ3) is 5.91. The van der Waals surface area contributed by atoms with Crippen molar-refractivity contribution in [3.63, 3.8) is 0 Å². The average molecular weight is 502 g/mol. The van der Waals surface area contributed by atoms with Crippen molar-refractivity contribution >= 4 is 52.4 Å². The van der Waals surface area contributed by atoms with E-state index in [0.717, 1.165) is 35.2 Å². The van der Waals surface area contributed by atoms with Gasteiger partial charge in [-0.25, -0.2) is 9.97 Å². The normalized spacial score (nSPS) is 13.8. The maximum Gasteiger partial charge on any atom is 0.253 e. The van der Waals surface area contributed by atoms with Crippen LogP contribution in [-0.2, 0) is 5.75 Å². The van der Waals surface area contributed by atoms with Crippen LogP contribution < -0.4 is 9.80 Å². The molecule has 1 aliphatic rings. The monoisotopic (exact) mass is 501 g/mol. The van der Waals surface area contributed by atoms with Crippen molar-refractivity contribution in [3.8, 4) is 0 Å². The molecular weight excluding hydrogens is 477 g/mol. The second-order valence-electron chi connectivity index (χ2n) is 7.94. The molecule has 1 saturated heterocycles. The number of anilines is 2. The van der Waals surface area contributed by atoms with Crippen LogP contribution in [0.5, 0.6) is 0 Å². The van der Waals surface area contributed by atoms with Crippen molar-refractivity contribution in [2.75, 3.05) is 50.1 Å². The third-order valence-corrected chi connectivity index (χ3v) is 6.88. The second-order valence-corrected chi connectivity index (χ2v) is 9.68. The molecule has 1 aliphatic heterocycles. The highest BCUT2D eigenvalue weighted by molar-refractivity contribution is 7.98. The number of piperazine rings is 1. The number of amides is 1. The van der Waals surface area contributed by atoms with E-state index in [1.54, 1.807) is 6.07 Å². The Hall–Kier alpha value is -2.48. The molecule has 0 atom stereocenters. The Morgan fingerprint density at radius 3 is 2.36 bits per heavy atom. The summed E-state index contributed by atoms with van der Waals surface area (Å²) in [4.78, 5) is 27.8. The molecule has 9 heteroatoms. The highest BCUT2D eigenvalue weighted by atomic mass is 35.5. The van der Waals surface area contributed by atoms with E-state index in [0.29, 0.717) is 34.7 Å². The molecule has 1 aromatic heterocycles. The zero-order valence-electron chi connectivity index (χ0n) is 18.5. The minimum Gasteiger partial charge on any atom is -0.367 e. The summed E-state index contributed by atoms with van der Waals surface area (Å²) in [6.07, 6.45) is 0. The first kappa shape index (κ1) is 23.7. The van der Waals surface area contributed by atoms with Crippen LogP contribution in [-0.4, -0.2) is 61.0 Å². The van der Waals surface area contributed by atoms with E-state index in [1.807, 2.05) is 72.4 Å². The number of aromatic nitrogens is 2. The van der Waals surface area contributed by atoms with Gasteiger partial charge in [0.15, 0.2) is 5.16 Å². The van der Waals surface area contributed by atoms with E-state index in [2.05, 4.69) is 14.9 Å². The van der Waals surface area contributed by atoms with Gasteiger partial charge in [-0.1, -0.05) is 59.2 Å². The van der Waals surface area contributed by atoms with Gasteiger partial charge in [0.05, 0.1) is 10.7 Å². The number of carbonyl (C=O) groups is 1. The van der Waals surface area contributed by atoms with Gasteiger partial charge in [0.2, 0.25) is 0 Å². The van der Waals surface area contributed by atoms with Gasteiger partial charge in [0.25, 0.3) is 5.91 Å². The lowest BCUT2D eigenvalue weighted by Crippen LogP contribution is -2.48. The van der Waals surface area contributed by atoms with Crippen LogP contribution in [0.1, 0.15) is 15.9 Å². The standard InChI is InChI=1S/C24H25Cl2N5OS/c1-29(2)22-15-21(26)27-24(28-22)33-16-17-7-9-18(10-8-17)23(32)31-13-11-30(12-14-31)20-6-4-3-5-19(20)25/h3-10,15H,11-14,16H2,1-2H3. The van der Waals surface area contributed by atoms with Crippen LogP contribution in [0.4, 0.5) is 11.5 Å². The van der Waals surface area contributed by atoms with Crippen molar-refractivity contribution < 1.29 is 4.79 Å². The molecule has 0 unspecified atom stereocenters. The number of carbonyl (C=O) groups excluding carboxylic acids is 1. The lowest BCUT2D eigenvalue weighted by molar-refractivity contribution is 0.0747. The summed E-state index contributed by atoms with van der Waals surface area (Å²) in [5.41, 5.74) is 2.81. The van der Waals surface area contributed by atoms with Gasteiger partial charge < -0.3 is 14.7 Å². The summed E-state index contributed by atoms with van der Waals surface area (Å²) < 4.78 is 0. The average Bonchev–Trinajstić information content (AvgIpc) is 2.83. The molecule has 2 heterocycles. The lowest BCUT2D eigenvalue weighted by atomic mass is 10.1. The van der Waals surface area contributed by atoms with Crippen molar-refractivity contribution in [3.05, 3.63) is 75.9 Å². The van der Waals surface area contributed by atoms with Crippen molar-refractivity contribution in [1.82, 2.24) is 14.9 Å². The molecule has 4 rings (SSSR count). The van der Waals surface area contributed by atoms with Crippen LogP contribution in [0.25, 0.3) is 0 Å². The highest BCUT2D eigenvalue weighted by Crippen LogP contribution is 2.27. The van der Waals surface area contributed by atoms with Gasteiger partial charge in [0.1, 0.15) is 11.0 Å². The molecule has 172 valence electrons.